The first kappa shape index (κ1) is 19.0. The van der Waals surface area contributed by atoms with E-state index in [-0.39, 0.29) is 5.82 Å². The van der Waals surface area contributed by atoms with Crippen LogP contribution in [0.4, 0.5) is 10.2 Å². The molecule has 1 fully saturated rings. The van der Waals surface area contributed by atoms with E-state index in [1.54, 1.807) is 36.5 Å². The predicted octanol–water partition coefficient (Wildman–Crippen LogP) is 4.02. The minimum Gasteiger partial charge on any atom is -0.354 e. The van der Waals surface area contributed by atoms with Crippen molar-refractivity contribution in [3.63, 3.8) is 0 Å². The van der Waals surface area contributed by atoms with Gasteiger partial charge in [0.2, 0.25) is 0 Å². The zero-order chi connectivity index (χ0) is 20.5. The predicted molar refractivity (Wildman–Crippen MR) is 119 cm³/mol. The third-order valence-corrected chi connectivity index (χ3v) is 6.25. The number of fused-ring (bicyclic) bond motifs is 1. The highest BCUT2D eigenvalue weighted by molar-refractivity contribution is 7.96. The van der Waals surface area contributed by atoms with Gasteiger partial charge in [0.1, 0.15) is 17.5 Å². The van der Waals surface area contributed by atoms with E-state index in [0.717, 1.165) is 60.1 Å². The molecule has 0 radical (unpaired) electrons. The summed E-state index contributed by atoms with van der Waals surface area (Å²) in [6, 6.07) is 12.4. The van der Waals surface area contributed by atoms with E-state index in [9.17, 15) is 4.39 Å². The maximum atomic E-state index is 13.5. The van der Waals surface area contributed by atoms with Crippen LogP contribution in [-0.2, 0) is 0 Å². The number of hydrogen-bond donors (Lipinski definition) is 0. The zero-order valence-electron chi connectivity index (χ0n) is 16.6. The number of halogens is 1. The van der Waals surface area contributed by atoms with E-state index < -0.39 is 0 Å². The summed E-state index contributed by atoms with van der Waals surface area (Å²) in [5, 5.41) is 0. The monoisotopic (exact) mass is 420 g/mol. The van der Waals surface area contributed by atoms with Crippen LogP contribution in [0.25, 0.3) is 28.1 Å². The Labute approximate surface area is 178 Å². The topological polar surface area (TPSA) is 50.1 Å². The fourth-order valence-corrected chi connectivity index (χ4v) is 4.30. The van der Waals surface area contributed by atoms with Gasteiger partial charge in [-0.05, 0) is 48.7 Å². The molecular formula is C22H21FN6S. The lowest BCUT2D eigenvalue weighted by molar-refractivity contribution is 0.429. The van der Waals surface area contributed by atoms with Crippen molar-refractivity contribution in [2.75, 3.05) is 37.3 Å². The Morgan fingerprint density at radius 3 is 2.43 bits per heavy atom. The maximum absolute atomic E-state index is 13.5. The van der Waals surface area contributed by atoms with Crippen LogP contribution in [0.3, 0.4) is 0 Å². The molecule has 5 rings (SSSR count). The molecule has 1 aliphatic rings. The molecule has 0 saturated carbocycles. The number of imidazole rings is 1. The molecule has 0 amide bonds. The first-order valence-corrected chi connectivity index (χ1v) is 11.0. The van der Waals surface area contributed by atoms with Crippen LogP contribution in [0.15, 0.2) is 61.1 Å². The second-order valence-corrected chi connectivity index (χ2v) is 8.00. The van der Waals surface area contributed by atoms with Crippen molar-refractivity contribution in [2.24, 2.45) is 0 Å². The summed E-state index contributed by atoms with van der Waals surface area (Å²) in [6.45, 7) is 3.98. The van der Waals surface area contributed by atoms with Crippen molar-refractivity contribution in [1.82, 2.24) is 23.8 Å². The molecule has 0 unspecified atom stereocenters. The van der Waals surface area contributed by atoms with Crippen molar-refractivity contribution in [2.45, 2.75) is 0 Å². The van der Waals surface area contributed by atoms with Crippen LogP contribution in [-0.4, -0.2) is 56.3 Å². The van der Waals surface area contributed by atoms with Gasteiger partial charge in [0.25, 0.3) is 0 Å². The molecule has 0 spiro atoms. The van der Waals surface area contributed by atoms with Gasteiger partial charge in [0.05, 0.1) is 17.2 Å². The number of pyridine rings is 2. The van der Waals surface area contributed by atoms with Gasteiger partial charge in [-0.1, -0.05) is 11.9 Å². The summed E-state index contributed by atoms with van der Waals surface area (Å²) < 4.78 is 17.8. The second kappa shape index (κ2) is 8.04. The number of nitrogens with zero attached hydrogens (tertiary/aromatic N) is 6. The highest BCUT2D eigenvalue weighted by Crippen LogP contribution is 2.29. The lowest BCUT2D eigenvalue weighted by Crippen LogP contribution is -2.43. The molecule has 8 heteroatoms. The van der Waals surface area contributed by atoms with E-state index in [2.05, 4.69) is 32.6 Å². The maximum Gasteiger partial charge on any atom is 0.147 e. The molecule has 0 atom stereocenters. The van der Waals surface area contributed by atoms with Crippen molar-refractivity contribution >= 4 is 28.8 Å². The van der Waals surface area contributed by atoms with Crippen LogP contribution in [0, 0.1) is 5.82 Å². The van der Waals surface area contributed by atoms with Gasteiger partial charge in [0.15, 0.2) is 0 Å². The Hall–Kier alpha value is -2.97. The van der Waals surface area contributed by atoms with Crippen molar-refractivity contribution in [3.05, 3.63) is 66.9 Å². The van der Waals surface area contributed by atoms with Crippen LogP contribution in [0.2, 0.25) is 0 Å². The molecule has 0 aliphatic carbocycles. The molecule has 0 bridgehead atoms. The molecule has 4 heterocycles. The smallest absolute Gasteiger partial charge is 0.147 e. The molecule has 1 aromatic carbocycles. The molecule has 0 N–H and O–H groups in total. The Balaban J connectivity index is 1.52. The minimum atomic E-state index is -0.268. The van der Waals surface area contributed by atoms with E-state index in [4.69, 9.17) is 9.97 Å². The van der Waals surface area contributed by atoms with E-state index in [0.29, 0.717) is 0 Å². The van der Waals surface area contributed by atoms with Crippen LogP contribution in [0.1, 0.15) is 0 Å². The first-order chi connectivity index (χ1) is 14.7. The van der Waals surface area contributed by atoms with Gasteiger partial charge in [0, 0.05) is 49.8 Å². The summed E-state index contributed by atoms with van der Waals surface area (Å²) >= 11 is 1.79. The molecule has 3 aromatic heterocycles. The number of benzene rings is 1. The molecule has 6 nitrogen and oxygen atoms in total. The van der Waals surface area contributed by atoms with E-state index in [1.807, 2.05) is 16.8 Å². The highest BCUT2D eigenvalue weighted by atomic mass is 32.2. The molecule has 30 heavy (non-hydrogen) atoms. The summed E-state index contributed by atoms with van der Waals surface area (Å²) in [5.41, 5.74) is 3.44. The highest BCUT2D eigenvalue weighted by Gasteiger charge is 2.19. The lowest BCUT2D eigenvalue weighted by Gasteiger charge is -2.33. The Morgan fingerprint density at radius 2 is 1.73 bits per heavy atom. The van der Waals surface area contributed by atoms with Gasteiger partial charge in [-0.2, -0.15) is 0 Å². The molecule has 1 saturated heterocycles. The Bertz CT molecular complexity index is 1150. The fraction of sp³-hybridized carbons (Fsp3) is 0.227. The van der Waals surface area contributed by atoms with Gasteiger partial charge in [-0.15, -0.1) is 0 Å². The number of aromatic nitrogens is 4. The third kappa shape index (κ3) is 3.53. The fourth-order valence-electron chi connectivity index (χ4n) is 3.77. The average molecular weight is 421 g/mol. The Kier molecular flexibility index (Phi) is 5.10. The third-order valence-electron chi connectivity index (χ3n) is 5.37. The first-order valence-electron chi connectivity index (χ1n) is 9.82. The van der Waals surface area contributed by atoms with E-state index >= 15 is 0 Å². The standard InChI is InChI=1S/C22H21FN6S/c1-30-28-12-10-27(11-13-28)21-7-2-16(14-25-21)22-26-19-8-9-24-15-20(19)29(22)18-5-3-17(23)4-6-18/h2-9,14-15H,10-13H2,1H3. The lowest BCUT2D eigenvalue weighted by atomic mass is 10.2. The van der Waals surface area contributed by atoms with Crippen molar-refractivity contribution < 1.29 is 4.39 Å². The van der Waals surface area contributed by atoms with Gasteiger partial charge >= 0.3 is 0 Å². The van der Waals surface area contributed by atoms with Crippen molar-refractivity contribution in [3.8, 4) is 17.1 Å². The molecular weight excluding hydrogens is 399 g/mol. The SMILES string of the molecule is CSN1CCN(c2ccc(-c3nc4ccncc4n3-c3ccc(F)cc3)cn2)CC1. The van der Waals surface area contributed by atoms with Crippen LogP contribution < -0.4 is 4.90 Å². The normalized spacial score (nSPS) is 15.1. The zero-order valence-corrected chi connectivity index (χ0v) is 17.4. The number of anilines is 1. The minimum absolute atomic E-state index is 0.268. The second-order valence-electron chi connectivity index (χ2n) is 7.12. The summed E-state index contributed by atoms with van der Waals surface area (Å²) in [5.74, 6) is 1.47. The van der Waals surface area contributed by atoms with Gasteiger partial charge in [-0.25, -0.2) is 18.7 Å². The summed E-state index contributed by atoms with van der Waals surface area (Å²) in [6.07, 6.45) is 7.49. The molecule has 4 aromatic rings. The van der Waals surface area contributed by atoms with Crippen LogP contribution in [0.5, 0.6) is 0 Å². The summed E-state index contributed by atoms with van der Waals surface area (Å²) in [7, 11) is 0. The number of hydrogen-bond acceptors (Lipinski definition) is 6. The largest absolute Gasteiger partial charge is 0.354 e. The molecule has 1 aliphatic heterocycles. The number of piperazine rings is 1. The van der Waals surface area contributed by atoms with Crippen molar-refractivity contribution in [1.29, 1.82) is 0 Å². The Morgan fingerprint density at radius 1 is 0.933 bits per heavy atom. The molecule has 152 valence electrons. The average Bonchev–Trinajstić information content (AvgIpc) is 3.19. The number of rotatable bonds is 4. The van der Waals surface area contributed by atoms with Gasteiger partial charge < -0.3 is 4.90 Å². The van der Waals surface area contributed by atoms with E-state index in [1.165, 1.54) is 12.1 Å². The quantitative estimate of drug-likeness (QED) is 0.465. The summed E-state index contributed by atoms with van der Waals surface area (Å²) in [4.78, 5) is 16.1. The van der Waals surface area contributed by atoms with Crippen LogP contribution >= 0.6 is 11.9 Å². The van der Waals surface area contributed by atoms with Gasteiger partial charge in [-0.3, -0.25) is 9.55 Å².